The first kappa shape index (κ1) is 36.8. The number of guanidine groups is 1. The molecule has 0 saturated carbocycles. The summed E-state index contributed by atoms with van der Waals surface area (Å²) in [4.78, 5) is 70.3. The highest BCUT2D eigenvalue weighted by Gasteiger charge is 2.40. The summed E-state index contributed by atoms with van der Waals surface area (Å²) in [6.07, 6.45) is 0.264. The summed E-state index contributed by atoms with van der Waals surface area (Å²) in [5.41, 5.74) is 23.4. The van der Waals surface area contributed by atoms with Crippen LogP contribution in [0, 0.1) is 5.92 Å². The van der Waals surface area contributed by atoms with E-state index in [0.717, 1.165) is 0 Å². The van der Waals surface area contributed by atoms with Gasteiger partial charge in [-0.2, -0.15) is 0 Å². The van der Waals surface area contributed by atoms with Crippen molar-refractivity contribution in [2.45, 2.75) is 89.2 Å². The van der Waals surface area contributed by atoms with Crippen molar-refractivity contribution < 1.29 is 34.2 Å². The number of aliphatic carboxylic acids is 1. The molecule has 1 fully saturated rings. The van der Waals surface area contributed by atoms with E-state index in [9.17, 15) is 34.2 Å². The molecule has 250 valence electrons. The Morgan fingerprint density at radius 1 is 1.02 bits per heavy atom. The number of nitrogens with two attached hydrogens (primary N) is 4. The van der Waals surface area contributed by atoms with Crippen molar-refractivity contribution in [1.82, 2.24) is 20.9 Å². The fraction of sp³-hybridized carbons (Fsp3) is 0.586. The lowest BCUT2D eigenvalue weighted by atomic mass is 9.99. The molecule has 1 aromatic carbocycles. The average molecular weight is 634 g/mol. The number of carbonyl (C=O) groups is 5. The SMILES string of the molecule is CC(C)C[C@H](NC(=O)[C@@H](NC(=O)[C@@H](N)CCCN=C(N)N)c1ccc(N)cc1)C(=O)N1CCC[C@H]1C(=O)N[C@H](C(=O)O)[C@@H](C)O. The van der Waals surface area contributed by atoms with Crippen molar-refractivity contribution in [3.8, 4) is 0 Å². The number of anilines is 1. The molecule has 0 unspecified atom stereocenters. The number of likely N-dealkylation sites (tertiary alicyclic amines) is 1. The maximum Gasteiger partial charge on any atom is 0.328 e. The molecule has 0 spiro atoms. The number of rotatable bonds is 16. The molecular weight excluding hydrogens is 586 g/mol. The number of hydrogen-bond donors (Lipinski definition) is 9. The van der Waals surface area contributed by atoms with Crippen LogP contribution in [0.25, 0.3) is 0 Å². The van der Waals surface area contributed by atoms with E-state index < -0.39 is 65.9 Å². The van der Waals surface area contributed by atoms with Crippen LogP contribution in [-0.2, 0) is 24.0 Å². The maximum atomic E-state index is 13.8. The van der Waals surface area contributed by atoms with Gasteiger partial charge in [0.05, 0.1) is 12.1 Å². The summed E-state index contributed by atoms with van der Waals surface area (Å²) in [5.74, 6) is -4.08. The van der Waals surface area contributed by atoms with Crippen LogP contribution in [0.4, 0.5) is 5.69 Å². The van der Waals surface area contributed by atoms with Gasteiger partial charge in [-0.25, -0.2) is 4.79 Å². The number of carboxylic acid groups (broad SMARTS) is 1. The standard InChI is InChI=1S/C29H47N9O7/c1-15(2)14-20(27(43)38-13-5-7-21(38)25(41)36-22(16(3)39)28(44)45)35-26(42)23(17-8-10-18(30)11-9-17)37-24(40)19(31)6-4-12-34-29(32)33/h8-11,15-16,19-23,39H,4-7,12-14,30-31H2,1-3H3,(H,35,42)(H,36,41)(H,37,40)(H,44,45)(H4,32,33,34)/t16-,19+,20+,21+,22+,23+/m1/s1. The van der Waals surface area contributed by atoms with E-state index in [1.54, 1.807) is 24.3 Å². The first-order chi connectivity index (χ1) is 21.1. The van der Waals surface area contributed by atoms with Crippen molar-refractivity contribution in [3.05, 3.63) is 29.8 Å². The first-order valence-electron chi connectivity index (χ1n) is 14.9. The van der Waals surface area contributed by atoms with E-state index in [1.807, 2.05) is 13.8 Å². The molecule has 0 radical (unpaired) electrons. The minimum absolute atomic E-state index is 0.0519. The Kier molecular flexibility index (Phi) is 14.0. The Bertz CT molecular complexity index is 1220. The van der Waals surface area contributed by atoms with Gasteiger partial charge in [-0.15, -0.1) is 0 Å². The van der Waals surface area contributed by atoms with Gasteiger partial charge in [0, 0.05) is 18.8 Å². The molecule has 45 heavy (non-hydrogen) atoms. The van der Waals surface area contributed by atoms with Gasteiger partial charge in [-0.3, -0.25) is 24.2 Å². The van der Waals surface area contributed by atoms with Gasteiger partial charge in [-0.1, -0.05) is 26.0 Å². The van der Waals surface area contributed by atoms with Gasteiger partial charge < -0.3 is 54.0 Å². The Hall–Kier alpha value is -4.44. The average Bonchev–Trinajstić information content (AvgIpc) is 3.45. The summed E-state index contributed by atoms with van der Waals surface area (Å²) in [6.45, 7) is 5.44. The molecule has 4 amide bonds. The third-order valence-corrected chi connectivity index (χ3v) is 7.33. The van der Waals surface area contributed by atoms with E-state index in [0.29, 0.717) is 24.1 Å². The van der Waals surface area contributed by atoms with Crippen molar-refractivity contribution >= 4 is 41.2 Å². The predicted molar refractivity (Wildman–Crippen MR) is 167 cm³/mol. The second-order valence-corrected chi connectivity index (χ2v) is 11.6. The number of amides is 4. The van der Waals surface area contributed by atoms with Crippen molar-refractivity contribution in [1.29, 1.82) is 0 Å². The van der Waals surface area contributed by atoms with Gasteiger partial charge in [0.1, 0.15) is 18.1 Å². The van der Waals surface area contributed by atoms with Crippen LogP contribution in [0.1, 0.15) is 64.5 Å². The molecule has 2 rings (SSSR count). The fourth-order valence-corrected chi connectivity index (χ4v) is 4.98. The van der Waals surface area contributed by atoms with E-state index >= 15 is 0 Å². The van der Waals surface area contributed by atoms with Crippen LogP contribution >= 0.6 is 0 Å². The number of aliphatic imine (C=N–C) groups is 1. The normalized spacial score (nSPS) is 17.8. The van der Waals surface area contributed by atoms with Crippen LogP contribution < -0.4 is 38.9 Å². The van der Waals surface area contributed by atoms with E-state index in [-0.39, 0.29) is 44.2 Å². The van der Waals surface area contributed by atoms with Crippen LogP contribution in [0.15, 0.2) is 29.3 Å². The molecular formula is C29H47N9O7. The number of benzene rings is 1. The molecule has 1 saturated heterocycles. The highest BCUT2D eigenvalue weighted by molar-refractivity contribution is 5.96. The summed E-state index contributed by atoms with van der Waals surface area (Å²) in [7, 11) is 0. The first-order valence-corrected chi connectivity index (χ1v) is 14.9. The third-order valence-electron chi connectivity index (χ3n) is 7.33. The molecule has 0 aliphatic carbocycles. The number of nitrogens with zero attached hydrogens (tertiary/aromatic N) is 2. The maximum absolute atomic E-state index is 13.8. The zero-order chi connectivity index (χ0) is 33.8. The second-order valence-electron chi connectivity index (χ2n) is 11.6. The zero-order valence-corrected chi connectivity index (χ0v) is 25.9. The third kappa shape index (κ3) is 11.2. The second kappa shape index (κ2) is 17.2. The lowest BCUT2D eigenvalue weighted by Gasteiger charge is -2.31. The molecule has 13 N–H and O–H groups in total. The monoisotopic (exact) mass is 633 g/mol. The Balaban J connectivity index is 2.27. The van der Waals surface area contributed by atoms with E-state index in [1.165, 1.54) is 11.8 Å². The van der Waals surface area contributed by atoms with Crippen molar-refractivity contribution in [3.63, 3.8) is 0 Å². The largest absolute Gasteiger partial charge is 0.480 e. The smallest absolute Gasteiger partial charge is 0.328 e. The molecule has 1 aromatic rings. The predicted octanol–water partition coefficient (Wildman–Crippen LogP) is -1.72. The summed E-state index contributed by atoms with van der Waals surface area (Å²) >= 11 is 0. The molecule has 6 atom stereocenters. The molecule has 0 aromatic heterocycles. The van der Waals surface area contributed by atoms with Crippen LogP contribution in [0.2, 0.25) is 0 Å². The number of nitrogens with one attached hydrogen (secondary N) is 3. The Morgan fingerprint density at radius 2 is 1.67 bits per heavy atom. The number of aliphatic hydroxyl groups excluding tert-OH is 1. The van der Waals surface area contributed by atoms with Gasteiger partial charge in [-0.05, 0) is 62.6 Å². The highest BCUT2D eigenvalue weighted by Crippen LogP contribution is 2.22. The topological polar surface area (TPSA) is 282 Å². The van der Waals surface area contributed by atoms with Gasteiger partial charge in [0.15, 0.2) is 12.0 Å². The Morgan fingerprint density at radius 3 is 2.22 bits per heavy atom. The molecule has 16 heteroatoms. The van der Waals surface area contributed by atoms with Gasteiger partial charge >= 0.3 is 5.97 Å². The Labute approximate surface area is 262 Å². The van der Waals surface area contributed by atoms with E-state index in [4.69, 9.17) is 22.9 Å². The summed E-state index contributed by atoms with van der Waals surface area (Å²) in [5, 5.41) is 26.9. The minimum Gasteiger partial charge on any atom is -0.480 e. The van der Waals surface area contributed by atoms with Crippen molar-refractivity contribution in [2.24, 2.45) is 28.1 Å². The number of hydrogen-bond acceptors (Lipinski definition) is 9. The number of carbonyl (C=O) groups excluding carboxylic acids is 4. The molecule has 1 aliphatic rings. The lowest BCUT2D eigenvalue weighted by Crippen LogP contribution is -2.58. The summed E-state index contributed by atoms with van der Waals surface area (Å²) in [6, 6.07) is 0.464. The van der Waals surface area contributed by atoms with Crippen LogP contribution in [0.5, 0.6) is 0 Å². The van der Waals surface area contributed by atoms with Crippen LogP contribution in [0.3, 0.4) is 0 Å². The highest BCUT2D eigenvalue weighted by atomic mass is 16.4. The van der Waals surface area contributed by atoms with Gasteiger partial charge in [0.2, 0.25) is 23.6 Å². The minimum atomic E-state index is -1.55. The number of carboxylic acids is 1. The summed E-state index contributed by atoms with van der Waals surface area (Å²) < 4.78 is 0. The number of aliphatic hydroxyl groups is 1. The van der Waals surface area contributed by atoms with E-state index in [2.05, 4.69) is 20.9 Å². The van der Waals surface area contributed by atoms with Crippen molar-refractivity contribution in [2.75, 3.05) is 18.8 Å². The van der Waals surface area contributed by atoms with Gasteiger partial charge in [0.25, 0.3) is 0 Å². The molecule has 1 aliphatic heterocycles. The molecule has 0 bridgehead atoms. The number of nitrogen functional groups attached to an aromatic ring is 1. The molecule has 16 nitrogen and oxygen atoms in total. The van der Waals surface area contributed by atoms with Crippen LogP contribution in [-0.4, -0.2) is 94.0 Å². The lowest BCUT2D eigenvalue weighted by molar-refractivity contribution is -0.147. The zero-order valence-electron chi connectivity index (χ0n) is 25.9. The fourth-order valence-electron chi connectivity index (χ4n) is 4.98. The molecule has 1 heterocycles. The quantitative estimate of drug-likeness (QED) is 0.0427.